The van der Waals surface area contributed by atoms with E-state index in [2.05, 4.69) is 25.5 Å². The number of carbonyl (C=O) groups excluding carboxylic acids is 1. The fourth-order valence-corrected chi connectivity index (χ4v) is 2.61. The lowest BCUT2D eigenvalue weighted by Gasteiger charge is -2.06. The Hall–Kier alpha value is -3.67. The average Bonchev–Trinajstić information content (AvgIpc) is 2.70. The van der Waals surface area contributed by atoms with Crippen molar-refractivity contribution in [1.29, 1.82) is 0 Å². The van der Waals surface area contributed by atoms with Crippen LogP contribution in [-0.2, 0) is 6.42 Å². The van der Waals surface area contributed by atoms with Gasteiger partial charge < -0.3 is 5.32 Å². The number of rotatable bonds is 4. The van der Waals surface area contributed by atoms with Crippen LogP contribution >= 0.6 is 0 Å². The predicted molar refractivity (Wildman–Crippen MR) is 98.8 cm³/mol. The van der Waals surface area contributed by atoms with Gasteiger partial charge in [0.2, 0.25) is 5.82 Å². The van der Waals surface area contributed by atoms with Crippen molar-refractivity contribution in [2.75, 3.05) is 5.32 Å². The maximum absolute atomic E-state index is 12.4. The molecule has 2 aromatic carbocycles. The van der Waals surface area contributed by atoms with Crippen LogP contribution in [0.5, 0.6) is 0 Å². The third-order valence-corrected chi connectivity index (χ3v) is 3.93. The molecule has 2 aromatic heterocycles. The van der Waals surface area contributed by atoms with E-state index in [1.54, 1.807) is 24.5 Å². The number of fused-ring (bicyclic) bond motifs is 1. The second-order valence-electron chi connectivity index (χ2n) is 5.81. The highest BCUT2D eigenvalue weighted by atomic mass is 16.2. The van der Waals surface area contributed by atoms with Crippen LogP contribution in [0.1, 0.15) is 21.7 Å². The van der Waals surface area contributed by atoms with Gasteiger partial charge in [0.15, 0.2) is 0 Å². The van der Waals surface area contributed by atoms with Crippen molar-refractivity contribution in [1.82, 2.24) is 20.2 Å². The number of amides is 1. The summed E-state index contributed by atoms with van der Waals surface area (Å²) in [7, 11) is 0. The maximum atomic E-state index is 12.4. The fourth-order valence-electron chi connectivity index (χ4n) is 2.61. The summed E-state index contributed by atoms with van der Waals surface area (Å²) in [5.74, 6) is -0.338. The summed E-state index contributed by atoms with van der Waals surface area (Å²) in [5.41, 5.74) is 4.32. The van der Waals surface area contributed by atoms with E-state index in [4.69, 9.17) is 0 Å². The Bertz CT molecular complexity index is 1050. The Labute approximate surface area is 150 Å². The second kappa shape index (κ2) is 7.06. The maximum Gasteiger partial charge on any atom is 0.295 e. The van der Waals surface area contributed by atoms with Gasteiger partial charge in [-0.25, -0.2) is 4.98 Å². The molecular formula is C20H15N5O. The number of hydrogen-bond acceptors (Lipinski definition) is 5. The average molecular weight is 341 g/mol. The van der Waals surface area contributed by atoms with Gasteiger partial charge in [-0.15, -0.1) is 10.2 Å². The lowest BCUT2D eigenvalue weighted by atomic mass is 10.1. The molecule has 4 aromatic rings. The van der Waals surface area contributed by atoms with E-state index in [1.165, 1.54) is 5.56 Å². The van der Waals surface area contributed by atoms with E-state index in [9.17, 15) is 4.79 Å². The molecule has 0 unspecified atom stereocenters. The molecule has 0 aliphatic rings. The van der Waals surface area contributed by atoms with Crippen molar-refractivity contribution in [3.63, 3.8) is 0 Å². The Morgan fingerprint density at radius 1 is 0.808 bits per heavy atom. The molecule has 0 saturated carbocycles. The molecule has 0 fully saturated rings. The van der Waals surface area contributed by atoms with Crippen molar-refractivity contribution in [2.45, 2.75) is 6.42 Å². The molecule has 0 bridgehead atoms. The van der Waals surface area contributed by atoms with Crippen molar-refractivity contribution in [2.24, 2.45) is 0 Å². The summed E-state index contributed by atoms with van der Waals surface area (Å²) >= 11 is 0. The molecule has 26 heavy (non-hydrogen) atoms. The predicted octanol–water partition coefficient (Wildman–Crippen LogP) is 3.26. The number of nitrogens with one attached hydrogen (secondary N) is 1. The summed E-state index contributed by atoms with van der Waals surface area (Å²) in [4.78, 5) is 20.6. The highest BCUT2D eigenvalue weighted by Crippen LogP contribution is 2.14. The van der Waals surface area contributed by atoms with E-state index in [0.717, 1.165) is 12.0 Å². The zero-order valence-corrected chi connectivity index (χ0v) is 13.8. The molecule has 6 nitrogen and oxygen atoms in total. The molecule has 1 amide bonds. The van der Waals surface area contributed by atoms with Crippen LogP contribution in [-0.4, -0.2) is 26.1 Å². The number of hydrogen-bond donors (Lipinski definition) is 1. The number of pyridine rings is 1. The molecule has 0 aliphatic carbocycles. The summed E-state index contributed by atoms with van der Waals surface area (Å²) in [6.45, 7) is 0. The topological polar surface area (TPSA) is 80.7 Å². The third kappa shape index (κ3) is 3.54. The fraction of sp³-hybridized carbons (Fsp3) is 0.0500. The molecule has 0 atom stereocenters. The zero-order valence-electron chi connectivity index (χ0n) is 13.8. The minimum Gasteiger partial charge on any atom is -0.319 e. The summed E-state index contributed by atoms with van der Waals surface area (Å²) in [6, 6.07) is 19.0. The number of aromatic nitrogens is 4. The Balaban J connectivity index is 1.46. The third-order valence-electron chi connectivity index (χ3n) is 3.93. The normalized spacial score (nSPS) is 10.6. The highest BCUT2D eigenvalue weighted by Gasteiger charge is 2.11. The first-order chi connectivity index (χ1) is 12.8. The van der Waals surface area contributed by atoms with Gasteiger partial charge in [-0.05, 0) is 53.9 Å². The Morgan fingerprint density at radius 2 is 1.50 bits per heavy atom. The van der Waals surface area contributed by atoms with Crippen LogP contribution < -0.4 is 5.32 Å². The SMILES string of the molecule is O=C(Nc1ccc(Cc2ccncc2)cc1)c1nnc2ccccc2n1. The Kier molecular flexibility index (Phi) is 4.30. The first-order valence-corrected chi connectivity index (χ1v) is 8.16. The standard InChI is InChI=1S/C20H15N5O/c26-20(19-23-17-3-1-2-4-18(17)24-25-19)22-16-7-5-14(6-8-16)13-15-9-11-21-12-10-15/h1-12H,13H2,(H,22,26). The quantitative estimate of drug-likeness (QED) is 0.616. The van der Waals surface area contributed by atoms with Gasteiger partial charge in [-0.1, -0.05) is 24.3 Å². The van der Waals surface area contributed by atoms with E-state index in [-0.39, 0.29) is 11.7 Å². The van der Waals surface area contributed by atoms with Crippen molar-refractivity contribution < 1.29 is 4.79 Å². The summed E-state index contributed by atoms with van der Waals surface area (Å²) in [5, 5.41) is 10.7. The summed E-state index contributed by atoms with van der Waals surface area (Å²) < 4.78 is 0. The zero-order chi connectivity index (χ0) is 17.8. The van der Waals surface area contributed by atoms with Gasteiger partial charge in [0.05, 0.1) is 5.52 Å². The molecule has 4 rings (SSSR count). The molecule has 0 radical (unpaired) electrons. The number of nitrogens with zero attached hydrogens (tertiary/aromatic N) is 4. The molecule has 1 N–H and O–H groups in total. The van der Waals surface area contributed by atoms with Gasteiger partial charge in [0.25, 0.3) is 5.91 Å². The number of benzene rings is 2. The van der Waals surface area contributed by atoms with Crippen LogP contribution in [0.3, 0.4) is 0 Å². The first kappa shape index (κ1) is 15.8. The molecule has 2 heterocycles. The molecule has 0 aliphatic heterocycles. The monoisotopic (exact) mass is 341 g/mol. The van der Waals surface area contributed by atoms with E-state index in [0.29, 0.717) is 16.7 Å². The van der Waals surface area contributed by atoms with Crippen LogP contribution in [0.2, 0.25) is 0 Å². The molecule has 0 spiro atoms. The molecule has 0 saturated heterocycles. The van der Waals surface area contributed by atoms with E-state index < -0.39 is 0 Å². The number of para-hydroxylation sites is 1. The van der Waals surface area contributed by atoms with Crippen molar-refractivity contribution in [3.05, 3.63) is 90.0 Å². The number of anilines is 1. The van der Waals surface area contributed by atoms with Crippen LogP contribution in [0.25, 0.3) is 11.0 Å². The van der Waals surface area contributed by atoms with Crippen molar-refractivity contribution >= 4 is 22.6 Å². The number of carbonyl (C=O) groups is 1. The van der Waals surface area contributed by atoms with E-state index in [1.807, 2.05) is 48.5 Å². The van der Waals surface area contributed by atoms with Crippen LogP contribution in [0.4, 0.5) is 5.69 Å². The lowest BCUT2D eigenvalue weighted by molar-refractivity contribution is 0.101. The lowest BCUT2D eigenvalue weighted by Crippen LogP contribution is -2.16. The largest absolute Gasteiger partial charge is 0.319 e. The van der Waals surface area contributed by atoms with Crippen molar-refractivity contribution in [3.8, 4) is 0 Å². The van der Waals surface area contributed by atoms with Gasteiger partial charge in [-0.2, -0.15) is 0 Å². The van der Waals surface area contributed by atoms with Gasteiger partial charge in [-0.3, -0.25) is 9.78 Å². The second-order valence-corrected chi connectivity index (χ2v) is 5.81. The highest BCUT2D eigenvalue weighted by molar-refractivity contribution is 6.02. The van der Waals surface area contributed by atoms with Gasteiger partial charge >= 0.3 is 0 Å². The minimum atomic E-state index is -0.384. The minimum absolute atomic E-state index is 0.0459. The first-order valence-electron chi connectivity index (χ1n) is 8.16. The van der Waals surface area contributed by atoms with Gasteiger partial charge in [0.1, 0.15) is 5.52 Å². The summed E-state index contributed by atoms with van der Waals surface area (Å²) in [6.07, 6.45) is 4.37. The molecule has 126 valence electrons. The molecular weight excluding hydrogens is 326 g/mol. The van der Waals surface area contributed by atoms with Crippen LogP contribution in [0.15, 0.2) is 73.1 Å². The molecule has 6 heteroatoms. The van der Waals surface area contributed by atoms with E-state index >= 15 is 0 Å². The van der Waals surface area contributed by atoms with Crippen LogP contribution in [0, 0.1) is 0 Å². The van der Waals surface area contributed by atoms with Gasteiger partial charge in [0, 0.05) is 18.1 Å². The Morgan fingerprint density at radius 3 is 2.27 bits per heavy atom. The smallest absolute Gasteiger partial charge is 0.295 e.